The van der Waals surface area contributed by atoms with Crippen molar-refractivity contribution in [3.8, 4) is 0 Å². The molecular weight excluding hydrogens is 354 g/mol. The van der Waals surface area contributed by atoms with Crippen LogP contribution >= 0.6 is 23.7 Å². The maximum Gasteiger partial charge on any atom is 0.266 e. The molecule has 2 heterocycles. The largest absolute Gasteiger partial charge is 0.383 e. The number of nitrogens with one attached hydrogen (secondary N) is 1. The molecule has 2 aromatic carbocycles. The van der Waals surface area contributed by atoms with Gasteiger partial charge in [0.05, 0.1) is 0 Å². The minimum Gasteiger partial charge on any atom is -0.383 e. The Kier molecular flexibility index (Phi) is 4.54. The molecule has 128 valence electrons. The summed E-state index contributed by atoms with van der Waals surface area (Å²) in [5, 5.41) is 3.10. The number of benzene rings is 2. The van der Waals surface area contributed by atoms with E-state index in [4.69, 9.17) is 5.73 Å². The highest BCUT2D eigenvalue weighted by atomic mass is 35.5. The van der Waals surface area contributed by atoms with Gasteiger partial charge in [0.25, 0.3) is 5.56 Å². The fourth-order valence-corrected chi connectivity index (χ4v) is 4.14. The second-order valence-corrected chi connectivity index (χ2v) is 7.18. The van der Waals surface area contributed by atoms with Crippen LogP contribution in [0.15, 0.2) is 52.3 Å². The first kappa shape index (κ1) is 17.5. The van der Waals surface area contributed by atoms with Crippen LogP contribution in [0.5, 0.6) is 0 Å². The summed E-state index contributed by atoms with van der Waals surface area (Å²) in [4.78, 5) is 19.8. The predicted octanol–water partition coefficient (Wildman–Crippen LogP) is 4.43. The summed E-state index contributed by atoms with van der Waals surface area (Å²) < 4.78 is 1.86. The molecule has 0 aliphatic carbocycles. The van der Waals surface area contributed by atoms with Crippen LogP contribution in [0.2, 0.25) is 0 Å². The number of nitrogens with two attached hydrogens (primary N) is 1. The van der Waals surface area contributed by atoms with E-state index in [1.807, 2.05) is 50.2 Å². The number of halogens is 1. The van der Waals surface area contributed by atoms with E-state index in [1.54, 1.807) is 0 Å². The Balaban J connectivity index is 0.00000182. The Hall–Kier alpha value is -2.37. The third-order valence-electron chi connectivity index (χ3n) is 4.03. The molecule has 3 N–H and O–H groups in total. The van der Waals surface area contributed by atoms with Crippen LogP contribution in [0.1, 0.15) is 19.4 Å². The first-order valence-electron chi connectivity index (χ1n) is 7.85. The summed E-state index contributed by atoms with van der Waals surface area (Å²) >= 11 is 1.52. The van der Waals surface area contributed by atoms with Crippen LogP contribution in [0, 0.1) is 0 Å². The molecule has 0 unspecified atom stereocenters. The number of hydrogen-bond donors (Lipinski definition) is 2. The monoisotopic (exact) mass is 371 g/mol. The first-order chi connectivity index (χ1) is 11.5. The van der Waals surface area contributed by atoms with Crippen molar-refractivity contribution < 1.29 is 0 Å². The van der Waals surface area contributed by atoms with Crippen LogP contribution in [-0.2, 0) is 0 Å². The number of fused-ring (bicyclic) bond motifs is 5. The molecule has 4 aromatic rings. The van der Waals surface area contributed by atoms with Gasteiger partial charge in [-0.1, -0.05) is 18.2 Å². The van der Waals surface area contributed by atoms with Crippen LogP contribution < -0.4 is 11.3 Å². The quantitative estimate of drug-likeness (QED) is 0.404. The molecule has 0 saturated heterocycles. The number of aliphatic imine (C=N–C) groups is 1. The lowest BCUT2D eigenvalue weighted by molar-refractivity contribution is 0.834. The van der Waals surface area contributed by atoms with Crippen molar-refractivity contribution in [3.63, 3.8) is 0 Å². The average Bonchev–Trinajstić information content (AvgIpc) is 2.94. The van der Waals surface area contributed by atoms with E-state index in [0.717, 1.165) is 36.6 Å². The topological polar surface area (TPSA) is 71.2 Å². The highest BCUT2D eigenvalue weighted by Gasteiger charge is 2.13. The third-order valence-corrected chi connectivity index (χ3v) is 5.20. The van der Waals surface area contributed by atoms with E-state index in [-0.39, 0.29) is 24.0 Å². The van der Waals surface area contributed by atoms with Crippen molar-refractivity contribution in [1.82, 2.24) is 4.98 Å². The summed E-state index contributed by atoms with van der Waals surface area (Å²) in [6.45, 7) is 3.99. The Labute approximate surface area is 154 Å². The van der Waals surface area contributed by atoms with E-state index >= 15 is 0 Å². The van der Waals surface area contributed by atoms with Gasteiger partial charge in [-0.05, 0) is 38.1 Å². The lowest BCUT2D eigenvalue weighted by Crippen LogP contribution is -2.16. The molecule has 4 rings (SSSR count). The van der Waals surface area contributed by atoms with E-state index in [9.17, 15) is 4.79 Å². The molecular formula is C19H18ClN3OS. The molecule has 4 nitrogen and oxygen atoms in total. The van der Waals surface area contributed by atoms with E-state index in [0.29, 0.717) is 5.84 Å². The van der Waals surface area contributed by atoms with Crippen LogP contribution in [0.4, 0.5) is 0 Å². The Morgan fingerprint density at radius 1 is 1.16 bits per heavy atom. The standard InChI is InChI=1S/C19H17N3OS.ClH/c1-10(2)21-18(20)11-7-8-14-13(9-11)16-12-5-3-4-6-15(12)24-17(16)19(23)22-14;/h3-10H,1-2H3,(H2,20,21)(H,22,23);1H. The van der Waals surface area contributed by atoms with Crippen molar-refractivity contribution in [2.75, 3.05) is 0 Å². The minimum absolute atomic E-state index is 0. The summed E-state index contributed by atoms with van der Waals surface area (Å²) in [6, 6.07) is 14.1. The summed E-state index contributed by atoms with van der Waals surface area (Å²) in [6.07, 6.45) is 0. The van der Waals surface area contributed by atoms with Crippen molar-refractivity contribution in [3.05, 3.63) is 58.4 Å². The zero-order chi connectivity index (χ0) is 16.8. The fourth-order valence-electron chi connectivity index (χ4n) is 3.02. The number of hydrogen-bond acceptors (Lipinski definition) is 3. The van der Waals surface area contributed by atoms with Gasteiger partial charge >= 0.3 is 0 Å². The van der Waals surface area contributed by atoms with Crippen LogP contribution in [0.3, 0.4) is 0 Å². The van der Waals surface area contributed by atoms with Gasteiger partial charge in [0, 0.05) is 38.0 Å². The maximum absolute atomic E-state index is 12.4. The van der Waals surface area contributed by atoms with Crippen LogP contribution in [-0.4, -0.2) is 16.9 Å². The van der Waals surface area contributed by atoms with Gasteiger partial charge in [0.15, 0.2) is 0 Å². The van der Waals surface area contributed by atoms with Gasteiger partial charge in [-0.2, -0.15) is 0 Å². The Bertz CT molecular complexity index is 1170. The van der Waals surface area contributed by atoms with Gasteiger partial charge in [-0.25, -0.2) is 0 Å². The second-order valence-electron chi connectivity index (χ2n) is 6.12. The van der Waals surface area contributed by atoms with Crippen molar-refractivity contribution in [2.24, 2.45) is 10.7 Å². The fraction of sp³-hybridized carbons (Fsp3) is 0.158. The lowest BCUT2D eigenvalue weighted by atomic mass is 10.0. The molecule has 0 amide bonds. The molecule has 0 aliphatic rings. The average molecular weight is 372 g/mol. The van der Waals surface area contributed by atoms with Gasteiger partial charge in [-0.15, -0.1) is 23.7 Å². The Morgan fingerprint density at radius 2 is 1.92 bits per heavy atom. The molecule has 25 heavy (non-hydrogen) atoms. The van der Waals surface area contributed by atoms with Crippen molar-refractivity contribution in [1.29, 1.82) is 0 Å². The van der Waals surface area contributed by atoms with Crippen molar-refractivity contribution in [2.45, 2.75) is 19.9 Å². The normalized spacial score (nSPS) is 12.2. The van der Waals surface area contributed by atoms with Gasteiger partial charge in [0.1, 0.15) is 10.5 Å². The van der Waals surface area contributed by atoms with Gasteiger partial charge in [-0.3, -0.25) is 9.79 Å². The molecule has 2 aromatic heterocycles. The highest BCUT2D eigenvalue weighted by Crippen LogP contribution is 2.35. The number of rotatable bonds is 2. The smallest absolute Gasteiger partial charge is 0.266 e. The van der Waals surface area contributed by atoms with Crippen molar-refractivity contribution >= 4 is 60.7 Å². The third kappa shape index (κ3) is 2.90. The number of aromatic nitrogens is 1. The number of thiophene rings is 1. The Morgan fingerprint density at radius 3 is 2.68 bits per heavy atom. The second kappa shape index (κ2) is 6.50. The maximum atomic E-state index is 12.4. The molecule has 0 aliphatic heterocycles. The number of aromatic amines is 1. The van der Waals surface area contributed by atoms with E-state index < -0.39 is 0 Å². The molecule has 0 radical (unpaired) electrons. The molecule has 0 bridgehead atoms. The van der Waals surface area contributed by atoms with Gasteiger partial charge in [0.2, 0.25) is 0 Å². The summed E-state index contributed by atoms with van der Waals surface area (Å²) in [5.74, 6) is 0.519. The summed E-state index contributed by atoms with van der Waals surface area (Å²) in [5.41, 5.74) is 7.78. The van der Waals surface area contributed by atoms with Gasteiger partial charge < -0.3 is 10.7 Å². The molecule has 0 saturated carbocycles. The zero-order valence-corrected chi connectivity index (χ0v) is 15.5. The van der Waals surface area contributed by atoms with Crippen LogP contribution in [0.25, 0.3) is 31.1 Å². The highest BCUT2D eigenvalue weighted by molar-refractivity contribution is 7.26. The van der Waals surface area contributed by atoms with E-state index in [1.165, 1.54) is 11.3 Å². The summed E-state index contributed by atoms with van der Waals surface area (Å²) in [7, 11) is 0. The number of H-pyrrole nitrogens is 1. The van der Waals surface area contributed by atoms with E-state index in [2.05, 4.69) is 16.0 Å². The number of nitrogens with zero attached hydrogens (tertiary/aromatic N) is 1. The molecule has 0 fully saturated rings. The minimum atomic E-state index is -0.0460. The first-order valence-corrected chi connectivity index (χ1v) is 8.67. The molecule has 0 spiro atoms. The molecule has 0 atom stereocenters. The number of amidine groups is 1. The predicted molar refractivity (Wildman–Crippen MR) is 111 cm³/mol. The number of pyridine rings is 1. The SMILES string of the molecule is CC(C)N=C(N)c1ccc2[nH]c(=O)c3sc4ccccc4c3c2c1.Cl. The molecule has 6 heteroatoms. The zero-order valence-electron chi connectivity index (χ0n) is 13.9. The lowest BCUT2D eigenvalue weighted by Gasteiger charge is -2.06.